The van der Waals surface area contributed by atoms with Gasteiger partial charge in [-0.25, -0.2) is 4.98 Å². The molecule has 18 heavy (non-hydrogen) atoms. The number of nitrogens with zero attached hydrogens (tertiary/aromatic N) is 2. The van der Waals surface area contributed by atoms with E-state index in [0.717, 1.165) is 10.3 Å². The highest BCUT2D eigenvalue weighted by Gasteiger charge is 2.08. The molecule has 0 fully saturated rings. The Kier molecular flexibility index (Phi) is 4.43. The summed E-state index contributed by atoms with van der Waals surface area (Å²) in [5, 5.41) is 4.09. The summed E-state index contributed by atoms with van der Waals surface area (Å²) in [6.45, 7) is 2.82. The molecule has 1 N–H and O–H groups in total. The van der Waals surface area contributed by atoms with Crippen LogP contribution in [-0.2, 0) is 13.6 Å². The smallest absolute Gasteiger partial charge is 0.128 e. The Morgan fingerprint density at radius 2 is 2.28 bits per heavy atom. The maximum absolute atomic E-state index is 5.95. The number of rotatable bonds is 4. The van der Waals surface area contributed by atoms with Gasteiger partial charge in [-0.2, -0.15) is 0 Å². The fourth-order valence-electron chi connectivity index (χ4n) is 1.73. The second-order valence-electron chi connectivity index (χ2n) is 4.21. The van der Waals surface area contributed by atoms with E-state index in [4.69, 9.17) is 11.6 Å². The standard InChI is InChI=1S/C13H15BrClN3/c1-9(10-4-3-5-11(14)6-10)16-8-13-17-7-12(15)18(13)2/h3-7,9,16H,8H2,1-2H3/t9-/m1/s1. The molecule has 1 aromatic carbocycles. The van der Waals surface area contributed by atoms with Gasteiger partial charge in [0, 0.05) is 17.6 Å². The Bertz CT molecular complexity index is 539. The Hall–Kier alpha value is -0.840. The summed E-state index contributed by atoms with van der Waals surface area (Å²) >= 11 is 9.43. The van der Waals surface area contributed by atoms with Gasteiger partial charge in [-0.15, -0.1) is 0 Å². The minimum Gasteiger partial charge on any atom is -0.321 e. The minimum atomic E-state index is 0.262. The van der Waals surface area contributed by atoms with Gasteiger partial charge in [0.15, 0.2) is 0 Å². The normalized spacial score (nSPS) is 12.7. The van der Waals surface area contributed by atoms with Crippen LogP contribution in [0.3, 0.4) is 0 Å². The highest BCUT2D eigenvalue weighted by Crippen LogP contribution is 2.18. The molecule has 0 unspecified atom stereocenters. The van der Waals surface area contributed by atoms with Gasteiger partial charge in [0.05, 0.1) is 12.7 Å². The number of aromatic nitrogens is 2. The van der Waals surface area contributed by atoms with Crippen LogP contribution in [0.1, 0.15) is 24.4 Å². The topological polar surface area (TPSA) is 29.9 Å². The van der Waals surface area contributed by atoms with E-state index in [1.165, 1.54) is 5.56 Å². The average molecular weight is 329 g/mol. The average Bonchev–Trinajstić information content (AvgIpc) is 2.67. The molecule has 1 atom stereocenters. The highest BCUT2D eigenvalue weighted by molar-refractivity contribution is 9.10. The lowest BCUT2D eigenvalue weighted by Crippen LogP contribution is -2.20. The van der Waals surface area contributed by atoms with Crippen LogP contribution in [0.15, 0.2) is 34.9 Å². The molecule has 2 aromatic rings. The first-order chi connectivity index (χ1) is 8.58. The van der Waals surface area contributed by atoms with E-state index in [-0.39, 0.29) is 6.04 Å². The molecule has 2 rings (SSSR count). The second-order valence-corrected chi connectivity index (χ2v) is 5.52. The molecule has 0 spiro atoms. The summed E-state index contributed by atoms with van der Waals surface area (Å²) < 4.78 is 2.97. The Morgan fingerprint density at radius 1 is 1.50 bits per heavy atom. The van der Waals surface area contributed by atoms with Gasteiger partial charge in [-0.1, -0.05) is 39.7 Å². The molecule has 0 saturated heterocycles. The molecule has 1 heterocycles. The van der Waals surface area contributed by atoms with Gasteiger partial charge in [0.1, 0.15) is 11.0 Å². The quantitative estimate of drug-likeness (QED) is 0.927. The summed E-state index contributed by atoms with van der Waals surface area (Å²) in [5.74, 6) is 0.932. The van der Waals surface area contributed by atoms with E-state index in [1.54, 1.807) is 6.20 Å². The lowest BCUT2D eigenvalue weighted by molar-refractivity contribution is 0.549. The fraction of sp³-hybridized carbons (Fsp3) is 0.308. The number of imidazole rings is 1. The molecular weight excluding hydrogens is 314 g/mol. The van der Waals surface area contributed by atoms with Crippen molar-refractivity contribution in [3.8, 4) is 0 Å². The molecule has 0 aliphatic carbocycles. The predicted octanol–water partition coefficient (Wildman–Crippen LogP) is 3.69. The summed E-state index contributed by atoms with van der Waals surface area (Å²) in [5.41, 5.74) is 1.24. The molecule has 0 aliphatic heterocycles. The van der Waals surface area contributed by atoms with E-state index in [9.17, 15) is 0 Å². The van der Waals surface area contributed by atoms with Crippen molar-refractivity contribution < 1.29 is 0 Å². The largest absolute Gasteiger partial charge is 0.321 e. The third-order valence-corrected chi connectivity index (χ3v) is 3.79. The molecule has 3 nitrogen and oxygen atoms in total. The number of halogens is 2. The third kappa shape index (κ3) is 3.13. The van der Waals surface area contributed by atoms with Crippen LogP contribution in [-0.4, -0.2) is 9.55 Å². The van der Waals surface area contributed by atoms with Gasteiger partial charge in [0.2, 0.25) is 0 Å². The van der Waals surface area contributed by atoms with Gasteiger partial charge < -0.3 is 9.88 Å². The van der Waals surface area contributed by atoms with Crippen LogP contribution < -0.4 is 5.32 Å². The molecule has 96 valence electrons. The first-order valence-electron chi connectivity index (χ1n) is 5.73. The van der Waals surface area contributed by atoms with Crippen molar-refractivity contribution in [1.29, 1.82) is 0 Å². The van der Waals surface area contributed by atoms with Gasteiger partial charge in [-0.05, 0) is 24.6 Å². The van der Waals surface area contributed by atoms with E-state index < -0.39 is 0 Å². The van der Waals surface area contributed by atoms with E-state index in [0.29, 0.717) is 11.7 Å². The summed E-state index contributed by atoms with van der Waals surface area (Å²) in [6.07, 6.45) is 1.67. The number of hydrogen-bond donors (Lipinski definition) is 1. The minimum absolute atomic E-state index is 0.262. The SMILES string of the molecule is C[C@@H](NCc1ncc(Cl)n1C)c1cccc(Br)c1. The highest BCUT2D eigenvalue weighted by atomic mass is 79.9. The maximum Gasteiger partial charge on any atom is 0.128 e. The van der Waals surface area contributed by atoms with Crippen molar-refractivity contribution in [2.75, 3.05) is 0 Å². The lowest BCUT2D eigenvalue weighted by Gasteiger charge is -2.14. The fourth-order valence-corrected chi connectivity index (χ4v) is 2.29. The summed E-state index contributed by atoms with van der Waals surface area (Å²) in [7, 11) is 1.91. The Labute approximate surface area is 120 Å². The van der Waals surface area contributed by atoms with Crippen LogP contribution in [0, 0.1) is 0 Å². The van der Waals surface area contributed by atoms with Crippen LogP contribution >= 0.6 is 27.5 Å². The van der Waals surface area contributed by atoms with Crippen LogP contribution in [0.25, 0.3) is 0 Å². The van der Waals surface area contributed by atoms with Crippen molar-refractivity contribution >= 4 is 27.5 Å². The molecule has 5 heteroatoms. The van der Waals surface area contributed by atoms with Crippen molar-refractivity contribution in [3.05, 3.63) is 51.5 Å². The van der Waals surface area contributed by atoms with Crippen molar-refractivity contribution in [2.24, 2.45) is 7.05 Å². The predicted molar refractivity (Wildman–Crippen MR) is 77.6 cm³/mol. The number of benzene rings is 1. The van der Waals surface area contributed by atoms with E-state index in [1.807, 2.05) is 23.7 Å². The van der Waals surface area contributed by atoms with Crippen molar-refractivity contribution in [1.82, 2.24) is 14.9 Å². The maximum atomic E-state index is 5.95. The zero-order chi connectivity index (χ0) is 13.1. The Balaban J connectivity index is 2.00. The molecule has 0 bridgehead atoms. The van der Waals surface area contributed by atoms with Crippen LogP contribution in [0.2, 0.25) is 5.15 Å². The van der Waals surface area contributed by atoms with Gasteiger partial charge in [0.25, 0.3) is 0 Å². The molecule has 0 saturated carbocycles. The second kappa shape index (κ2) is 5.87. The zero-order valence-corrected chi connectivity index (χ0v) is 12.7. The van der Waals surface area contributed by atoms with E-state index in [2.05, 4.69) is 45.3 Å². The van der Waals surface area contributed by atoms with E-state index >= 15 is 0 Å². The van der Waals surface area contributed by atoms with Crippen molar-refractivity contribution in [3.63, 3.8) is 0 Å². The molecular formula is C13H15BrClN3. The third-order valence-electron chi connectivity index (χ3n) is 2.94. The first-order valence-corrected chi connectivity index (χ1v) is 6.90. The van der Waals surface area contributed by atoms with Crippen LogP contribution in [0.5, 0.6) is 0 Å². The first kappa shape index (κ1) is 13.6. The monoisotopic (exact) mass is 327 g/mol. The summed E-state index contributed by atoms with van der Waals surface area (Å²) in [4.78, 5) is 4.26. The van der Waals surface area contributed by atoms with Crippen LogP contribution in [0.4, 0.5) is 0 Å². The molecule has 0 aliphatic rings. The molecule has 0 amide bonds. The van der Waals surface area contributed by atoms with Crippen molar-refractivity contribution in [2.45, 2.75) is 19.5 Å². The number of nitrogens with one attached hydrogen (secondary N) is 1. The molecule has 0 radical (unpaired) electrons. The number of hydrogen-bond acceptors (Lipinski definition) is 2. The molecule has 1 aromatic heterocycles. The zero-order valence-electron chi connectivity index (χ0n) is 10.3. The van der Waals surface area contributed by atoms with Gasteiger partial charge in [-0.3, -0.25) is 0 Å². The lowest BCUT2D eigenvalue weighted by atomic mass is 10.1. The van der Waals surface area contributed by atoms with Gasteiger partial charge >= 0.3 is 0 Å². The Morgan fingerprint density at radius 3 is 2.89 bits per heavy atom. The summed E-state index contributed by atoms with van der Waals surface area (Å²) in [6, 6.07) is 8.54.